The molecular formula is C17H24N4O3. The highest BCUT2D eigenvalue weighted by Gasteiger charge is 2.28. The van der Waals surface area contributed by atoms with Crippen molar-refractivity contribution in [1.82, 2.24) is 10.2 Å². The minimum absolute atomic E-state index is 0.0183. The number of hydrogen-bond acceptors (Lipinski definition) is 4. The lowest BCUT2D eigenvalue weighted by atomic mass is 9.97. The Bertz CT molecular complexity index is 600. The average molecular weight is 332 g/mol. The van der Waals surface area contributed by atoms with Gasteiger partial charge in [0.15, 0.2) is 5.78 Å². The lowest BCUT2D eigenvalue weighted by Crippen LogP contribution is -2.47. The number of nitrogens with two attached hydrogens (primary N) is 1. The molecule has 130 valence electrons. The van der Waals surface area contributed by atoms with Crippen LogP contribution in [0.5, 0.6) is 0 Å². The van der Waals surface area contributed by atoms with Gasteiger partial charge in [0.05, 0.1) is 5.92 Å². The van der Waals surface area contributed by atoms with Gasteiger partial charge in [-0.05, 0) is 44.0 Å². The van der Waals surface area contributed by atoms with Crippen molar-refractivity contribution in [2.45, 2.75) is 19.8 Å². The zero-order chi connectivity index (χ0) is 17.5. The molecule has 4 N–H and O–H groups in total. The van der Waals surface area contributed by atoms with Crippen molar-refractivity contribution in [2.24, 2.45) is 11.7 Å². The van der Waals surface area contributed by atoms with Crippen LogP contribution in [0.2, 0.25) is 0 Å². The minimum Gasteiger partial charge on any atom is -0.355 e. The van der Waals surface area contributed by atoms with Crippen LogP contribution >= 0.6 is 0 Å². The van der Waals surface area contributed by atoms with Gasteiger partial charge in [-0.15, -0.1) is 0 Å². The first kappa shape index (κ1) is 17.9. The quantitative estimate of drug-likeness (QED) is 0.705. The summed E-state index contributed by atoms with van der Waals surface area (Å²) < 4.78 is 0. The molecule has 1 saturated heterocycles. The third kappa shape index (κ3) is 4.79. The van der Waals surface area contributed by atoms with Crippen LogP contribution in [0.1, 0.15) is 30.1 Å². The summed E-state index contributed by atoms with van der Waals surface area (Å²) in [6.45, 7) is 3.37. The first-order valence-electron chi connectivity index (χ1n) is 8.16. The Hall–Kier alpha value is -2.41. The number of amides is 3. The molecule has 3 amide bonds. The SMILES string of the molecule is CC(=O)c1ccc(NC(=O)N2CCCC(C(=O)NCCN)C2)cc1. The Morgan fingerprint density at radius 1 is 1.25 bits per heavy atom. The van der Waals surface area contributed by atoms with Crippen LogP contribution < -0.4 is 16.4 Å². The molecule has 0 aliphatic carbocycles. The number of rotatable bonds is 5. The van der Waals surface area contributed by atoms with Crippen molar-refractivity contribution in [1.29, 1.82) is 0 Å². The van der Waals surface area contributed by atoms with Gasteiger partial charge in [-0.1, -0.05) is 0 Å². The number of nitrogens with zero attached hydrogens (tertiary/aromatic N) is 1. The molecule has 0 spiro atoms. The molecule has 1 aromatic rings. The Kier molecular flexibility index (Phi) is 6.31. The second-order valence-electron chi connectivity index (χ2n) is 5.93. The summed E-state index contributed by atoms with van der Waals surface area (Å²) in [5, 5.41) is 5.58. The highest BCUT2D eigenvalue weighted by atomic mass is 16.2. The minimum atomic E-state index is -0.234. The molecule has 1 unspecified atom stereocenters. The Morgan fingerprint density at radius 3 is 2.58 bits per heavy atom. The lowest BCUT2D eigenvalue weighted by Gasteiger charge is -2.32. The normalized spacial score (nSPS) is 17.2. The number of Topliss-reactive ketones (excluding diaryl/α,β-unsaturated/α-hetero) is 1. The predicted octanol–water partition coefficient (Wildman–Crippen LogP) is 1.21. The molecule has 0 bridgehead atoms. The third-order valence-corrected chi connectivity index (χ3v) is 4.07. The van der Waals surface area contributed by atoms with Gasteiger partial charge in [-0.2, -0.15) is 0 Å². The van der Waals surface area contributed by atoms with Crippen molar-refractivity contribution >= 4 is 23.4 Å². The molecule has 1 aromatic carbocycles. The van der Waals surface area contributed by atoms with Crippen LogP contribution in [-0.4, -0.2) is 48.8 Å². The molecule has 1 heterocycles. The van der Waals surface area contributed by atoms with E-state index in [9.17, 15) is 14.4 Å². The standard InChI is InChI=1S/C17H24N4O3/c1-12(22)13-4-6-15(7-5-13)20-17(24)21-10-2-3-14(11-21)16(23)19-9-8-18/h4-7,14H,2-3,8-11,18H2,1H3,(H,19,23)(H,20,24). The number of urea groups is 1. The summed E-state index contributed by atoms with van der Waals surface area (Å²) in [6.07, 6.45) is 1.56. The monoisotopic (exact) mass is 332 g/mol. The second-order valence-corrected chi connectivity index (χ2v) is 5.93. The summed E-state index contributed by atoms with van der Waals surface area (Å²) in [5.74, 6) is -0.268. The molecule has 0 saturated carbocycles. The number of benzene rings is 1. The van der Waals surface area contributed by atoms with Gasteiger partial charge < -0.3 is 21.3 Å². The van der Waals surface area contributed by atoms with Crippen molar-refractivity contribution in [2.75, 3.05) is 31.5 Å². The maximum atomic E-state index is 12.4. The average Bonchev–Trinajstić information content (AvgIpc) is 2.60. The van der Waals surface area contributed by atoms with Gasteiger partial charge in [-0.3, -0.25) is 9.59 Å². The van der Waals surface area contributed by atoms with E-state index in [2.05, 4.69) is 10.6 Å². The van der Waals surface area contributed by atoms with E-state index in [-0.39, 0.29) is 23.6 Å². The fourth-order valence-corrected chi connectivity index (χ4v) is 2.71. The molecule has 0 aromatic heterocycles. The first-order valence-corrected chi connectivity index (χ1v) is 8.16. The number of likely N-dealkylation sites (tertiary alicyclic amines) is 1. The zero-order valence-corrected chi connectivity index (χ0v) is 13.9. The van der Waals surface area contributed by atoms with Crippen LogP contribution in [-0.2, 0) is 4.79 Å². The van der Waals surface area contributed by atoms with E-state index in [0.717, 1.165) is 12.8 Å². The lowest BCUT2D eigenvalue weighted by molar-refractivity contribution is -0.126. The Morgan fingerprint density at radius 2 is 1.96 bits per heavy atom. The van der Waals surface area contributed by atoms with E-state index in [0.29, 0.717) is 37.4 Å². The summed E-state index contributed by atoms with van der Waals surface area (Å²) in [6, 6.07) is 6.52. The third-order valence-electron chi connectivity index (χ3n) is 4.07. The highest BCUT2D eigenvalue weighted by Crippen LogP contribution is 2.18. The summed E-state index contributed by atoms with van der Waals surface area (Å²) in [7, 11) is 0. The molecule has 2 rings (SSSR count). The molecule has 1 aliphatic heterocycles. The maximum absolute atomic E-state index is 12.4. The van der Waals surface area contributed by atoms with Crippen LogP contribution in [0.15, 0.2) is 24.3 Å². The van der Waals surface area contributed by atoms with Gasteiger partial charge in [0.2, 0.25) is 5.91 Å². The van der Waals surface area contributed by atoms with E-state index >= 15 is 0 Å². The fourth-order valence-electron chi connectivity index (χ4n) is 2.71. The molecule has 24 heavy (non-hydrogen) atoms. The predicted molar refractivity (Wildman–Crippen MR) is 91.8 cm³/mol. The first-order chi connectivity index (χ1) is 11.5. The van der Waals surface area contributed by atoms with E-state index in [4.69, 9.17) is 5.73 Å². The van der Waals surface area contributed by atoms with Crippen LogP contribution in [0.25, 0.3) is 0 Å². The highest BCUT2D eigenvalue weighted by molar-refractivity contribution is 5.95. The van der Waals surface area contributed by atoms with E-state index in [1.54, 1.807) is 29.2 Å². The topological polar surface area (TPSA) is 105 Å². The smallest absolute Gasteiger partial charge is 0.321 e. The molecular weight excluding hydrogens is 308 g/mol. The number of anilines is 1. The van der Waals surface area contributed by atoms with Gasteiger partial charge in [0, 0.05) is 37.4 Å². The van der Waals surface area contributed by atoms with Gasteiger partial charge >= 0.3 is 6.03 Å². The number of ketones is 1. The van der Waals surface area contributed by atoms with Crippen LogP contribution in [0.3, 0.4) is 0 Å². The number of nitrogens with one attached hydrogen (secondary N) is 2. The van der Waals surface area contributed by atoms with E-state index < -0.39 is 0 Å². The van der Waals surface area contributed by atoms with Crippen molar-refractivity contribution in [3.8, 4) is 0 Å². The molecule has 1 atom stereocenters. The van der Waals surface area contributed by atoms with E-state index in [1.807, 2.05) is 0 Å². The van der Waals surface area contributed by atoms with Crippen LogP contribution in [0.4, 0.5) is 10.5 Å². The summed E-state index contributed by atoms with van der Waals surface area (Å²) in [4.78, 5) is 37.3. The van der Waals surface area contributed by atoms with E-state index in [1.165, 1.54) is 6.92 Å². The number of carbonyl (C=O) groups excluding carboxylic acids is 3. The van der Waals surface area contributed by atoms with Crippen molar-refractivity contribution in [3.63, 3.8) is 0 Å². The second kappa shape index (κ2) is 8.44. The largest absolute Gasteiger partial charge is 0.355 e. The summed E-state index contributed by atoms with van der Waals surface area (Å²) in [5.41, 5.74) is 6.61. The number of hydrogen-bond donors (Lipinski definition) is 3. The Balaban J connectivity index is 1.91. The van der Waals surface area contributed by atoms with Crippen molar-refractivity contribution in [3.05, 3.63) is 29.8 Å². The van der Waals surface area contributed by atoms with Gasteiger partial charge in [0.25, 0.3) is 0 Å². The van der Waals surface area contributed by atoms with Gasteiger partial charge in [0.1, 0.15) is 0 Å². The zero-order valence-electron chi connectivity index (χ0n) is 13.9. The molecule has 1 fully saturated rings. The van der Waals surface area contributed by atoms with Crippen molar-refractivity contribution < 1.29 is 14.4 Å². The molecule has 7 nitrogen and oxygen atoms in total. The molecule has 0 radical (unpaired) electrons. The Labute approximate surface area is 141 Å². The molecule has 1 aliphatic rings. The van der Waals surface area contributed by atoms with Gasteiger partial charge in [-0.25, -0.2) is 4.79 Å². The van der Waals surface area contributed by atoms with Crippen LogP contribution in [0, 0.1) is 5.92 Å². The maximum Gasteiger partial charge on any atom is 0.321 e. The fraction of sp³-hybridized carbons (Fsp3) is 0.471. The molecule has 7 heteroatoms. The number of carbonyl (C=O) groups is 3. The number of piperidine rings is 1. The summed E-state index contributed by atoms with van der Waals surface area (Å²) >= 11 is 0.